The van der Waals surface area contributed by atoms with Crippen molar-refractivity contribution in [3.63, 3.8) is 0 Å². The largest absolute Gasteiger partial charge is 0.256 e. The van der Waals surface area contributed by atoms with Gasteiger partial charge < -0.3 is 0 Å². The van der Waals surface area contributed by atoms with Crippen LogP contribution in [0.5, 0.6) is 0 Å². The first kappa shape index (κ1) is 8.88. The summed E-state index contributed by atoms with van der Waals surface area (Å²) >= 11 is 0. The highest BCUT2D eigenvalue weighted by molar-refractivity contribution is 5.89. The SMILES string of the molecule is C=C(C)c1cc(F)cc2cccnc12. The van der Waals surface area contributed by atoms with Gasteiger partial charge >= 0.3 is 0 Å². The van der Waals surface area contributed by atoms with Crippen LogP contribution in [0, 0.1) is 5.82 Å². The first-order valence-electron chi connectivity index (χ1n) is 4.38. The van der Waals surface area contributed by atoms with Gasteiger partial charge in [0, 0.05) is 17.1 Å². The number of aromatic nitrogens is 1. The van der Waals surface area contributed by atoms with Gasteiger partial charge in [0.2, 0.25) is 0 Å². The molecule has 0 N–H and O–H groups in total. The molecular formula is C12H10FN. The Bertz CT molecular complexity index is 503. The van der Waals surface area contributed by atoms with E-state index < -0.39 is 0 Å². The molecule has 70 valence electrons. The van der Waals surface area contributed by atoms with Gasteiger partial charge in [-0.2, -0.15) is 0 Å². The molecule has 0 unspecified atom stereocenters. The van der Waals surface area contributed by atoms with Crippen LogP contribution in [0.2, 0.25) is 0 Å². The summed E-state index contributed by atoms with van der Waals surface area (Å²) in [4.78, 5) is 4.22. The van der Waals surface area contributed by atoms with E-state index in [0.29, 0.717) is 0 Å². The Morgan fingerprint density at radius 3 is 2.93 bits per heavy atom. The summed E-state index contributed by atoms with van der Waals surface area (Å²) in [7, 11) is 0. The fourth-order valence-electron chi connectivity index (χ4n) is 1.48. The van der Waals surface area contributed by atoms with Gasteiger partial charge in [0.15, 0.2) is 0 Å². The van der Waals surface area contributed by atoms with E-state index in [1.807, 2.05) is 13.0 Å². The maximum absolute atomic E-state index is 13.2. The standard InChI is InChI=1S/C12H10FN/c1-8(2)11-7-10(13)6-9-4-3-5-14-12(9)11/h3-7H,1H2,2H3. The van der Waals surface area contributed by atoms with Crippen LogP contribution >= 0.6 is 0 Å². The van der Waals surface area contributed by atoms with E-state index >= 15 is 0 Å². The minimum atomic E-state index is -0.247. The molecule has 0 saturated heterocycles. The number of fused-ring (bicyclic) bond motifs is 1. The number of rotatable bonds is 1. The first-order chi connectivity index (χ1) is 6.68. The van der Waals surface area contributed by atoms with Crippen molar-refractivity contribution in [2.75, 3.05) is 0 Å². The molecule has 1 nitrogen and oxygen atoms in total. The summed E-state index contributed by atoms with van der Waals surface area (Å²) in [6, 6.07) is 6.59. The predicted molar refractivity (Wildman–Crippen MR) is 56.4 cm³/mol. The summed E-state index contributed by atoms with van der Waals surface area (Å²) in [6.07, 6.45) is 1.70. The van der Waals surface area contributed by atoms with Gasteiger partial charge in [-0.1, -0.05) is 12.6 Å². The molecule has 1 aromatic heterocycles. The first-order valence-corrected chi connectivity index (χ1v) is 4.38. The summed E-state index contributed by atoms with van der Waals surface area (Å²) in [5.74, 6) is -0.247. The van der Waals surface area contributed by atoms with E-state index in [4.69, 9.17) is 0 Å². The molecule has 2 aromatic rings. The molecule has 0 spiro atoms. The molecule has 2 rings (SSSR count). The van der Waals surface area contributed by atoms with E-state index in [0.717, 1.165) is 22.0 Å². The summed E-state index contributed by atoms with van der Waals surface area (Å²) in [5, 5.41) is 0.811. The highest BCUT2D eigenvalue weighted by atomic mass is 19.1. The van der Waals surface area contributed by atoms with Crippen LogP contribution in [0.4, 0.5) is 4.39 Å². The smallest absolute Gasteiger partial charge is 0.124 e. The zero-order valence-corrected chi connectivity index (χ0v) is 7.92. The minimum absolute atomic E-state index is 0.247. The van der Waals surface area contributed by atoms with Gasteiger partial charge in [0.05, 0.1) is 5.52 Å². The number of allylic oxidation sites excluding steroid dienone is 1. The number of hydrogen-bond donors (Lipinski definition) is 0. The van der Waals surface area contributed by atoms with Crippen molar-refractivity contribution in [1.29, 1.82) is 0 Å². The predicted octanol–water partition coefficient (Wildman–Crippen LogP) is 3.41. The summed E-state index contributed by atoms with van der Waals surface area (Å²) in [6.45, 7) is 5.66. The van der Waals surface area contributed by atoms with Crippen molar-refractivity contribution in [2.45, 2.75) is 6.92 Å². The van der Waals surface area contributed by atoms with Gasteiger partial charge in [0.1, 0.15) is 5.82 Å². The Kier molecular flexibility index (Phi) is 2.04. The Balaban J connectivity index is 2.87. The van der Waals surface area contributed by atoms with Crippen molar-refractivity contribution in [2.24, 2.45) is 0 Å². The average Bonchev–Trinajstić information content (AvgIpc) is 2.16. The number of hydrogen-bond acceptors (Lipinski definition) is 1. The van der Waals surface area contributed by atoms with Crippen molar-refractivity contribution < 1.29 is 4.39 Å². The summed E-state index contributed by atoms with van der Waals surface area (Å²) < 4.78 is 13.2. The third-order valence-corrected chi connectivity index (χ3v) is 2.13. The molecule has 0 amide bonds. The van der Waals surface area contributed by atoms with Gasteiger partial charge in [-0.25, -0.2) is 4.39 Å². The van der Waals surface area contributed by atoms with Gasteiger partial charge in [-0.15, -0.1) is 0 Å². The lowest BCUT2D eigenvalue weighted by molar-refractivity contribution is 0.629. The van der Waals surface area contributed by atoms with E-state index in [1.165, 1.54) is 12.1 Å². The molecule has 1 heterocycles. The Hall–Kier alpha value is -1.70. The molecule has 0 aliphatic carbocycles. The highest BCUT2D eigenvalue weighted by Gasteiger charge is 2.04. The normalized spacial score (nSPS) is 10.4. The minimum Gasteiger partial charge on any atom is -0.256 e. The molecular weight excluding hydrogens is 177 g/mol. The van der Waals surface area contributed by atoms with E-state index in [-0.39, 0.29) is 5.82 Å². The monoisotopic (exact) mass is 187 g/mol. The third-order valence-electron chi connectivity index (χ3n) is 2.13. The molecule has 14 heavy (non-hydrogen) atoms. The second kappa shape index (κ2) is 3.22. The van der Waals surface area contributed by atoms with E-state index in [1.54, 1.807) is 12.3 Å². The van der Waals surface area contributed by atoms with Gasteiger partial charge in [-0.3, -0.25) is 4.98 Å². The lowest BCUT2D eigenvalue weighted by atomic mass is 10.0. The number of halogens is 1. The molecule has 0 fully saturated rings. The maximum Gasteiger partial charge on any atom is 0.124 e. The zero-order valence-electron chi connectivity index (χ0n) is 7.92. The maximum atomic E-state index is 13.2. The van der Waals surface area contributed by atoms with E-state index in [2.05, 4.69) is 11.6 Å². The van der Waals surface area contributed by atoms with Gasteiger partial charge in [-0.05, 0) is 30.7 Å². The topological polar surface area (TPSA) is 12.9 Å². The number of benzene rings is 1. The lowest BCUT2D eigenvalue weighted by Crippen LogP contribution is -1.88. The van der Waals surface area contributed by atoms with Crippen LogP contribution < -0.4 is 0 Å². The fourth-order valence-corrected chi connectivity index (χ4v) is 1.48. The number of pyridine rings is 1. The molecule has 2 heteroatoms. The highest BCUT2D eigenvalue weighted by Crippen LogP contribution is 2.23. The van der Waals surface area contributed by atoms with Crippen LogP contribution in [0.3, 0.4) is 0 Å². The average molecular weight is 187 g/mol. The molecule has 0 atom stereocenters. The van der Waals surface area contributed by atoms with Crippen LogP contribution in [0.25, 0.3) is 16.5 Å². The van der Waals surface area contributed by atoms with Crippen molar-refractivity contribution in [3.8, 4) is 0 Å². The third kappa shape index (κ3) is 1.39. The molecule has 0 radical (unpaired) electrons. The summed E-state index contributed by atoms with van der Waals surface area (Å²) in [5.41, 5.74) is 2.41. The molecule has 0 saturated carbocycles. The zero-order chi connectivity index (χ0) is 10.1. The van der Waals surface area contributed by atoms with E-state index in [9.17, 15) is 4.39 Å². The Labute approximate surface area is 81.9 Å². The quantitative estimate of drug-likeness (QED) is 0.666. The second-order valence-electron chi connectivity index (χ2n) is 3.31. The van der Waals surface area contributed by atoms with Crippen molar-refractivity contribution in [3.05, 3.63) is 48.4 Å². The Morgan fingerprint density at radius 1 is 1.43 bits per heavy atom. The lowest BCUT2D eigenvalue weighted by Gasteiger charge is -2.04. The molecule has 1 aromatic carbocycles. The van der Waals surface area contributed by atoms with Crippen LogP contribution in [-0.2, 0) is 0 Å². The Morgan fingerprint density at radius 2 is 2.21 bits per heavy atom. The fraction of sp³-hybridized carbons (Fsp3) is 0.0833. The van der Waals surface area contributed by atoms with Gasteiger partial charge in [0.25, 0.3) is 0 Å². The van der Waals surface area contributed by atoms with Crippen LogP contribution in [0.15, 0.2) is 37.0 Å². The second-order valence-corrected chi connectivity index (χ2v) is 3.31. The number of nitrogens with zero attached hydrogens (tertiary/aromatic N) is 1. The molecule has 0 aliphatic heterocycles. The molecule has 0 bridgehead atoms. The molecule has 0 aliphatic rings. The van der Waals surface area contributed by atoms with Crippen LogP contribution in [-0.4, -0.2) is 4.98 Å². The van der Waals surface area contributed by atoms with Crippen molar-refractivity contribution in [1.82, 2.24) is 4.98 Å². The van der Waals surface area contributed by atoms with Crippen LogP contribution in [0.1, 0.15) is 12.5 Å². The van der Waals surface area contributed by atoms with Crippen molar-refractivity contribution >= 4 is 16.5 Å².